The lowest BCUT2D eigenvalue weighted by atomic mass is 10.0. The Morgan fingerprint density at radius 3 is 2.67 bits per heavy atom. The molecule has 3 nitrogen and oxygen atoms in total. The van der Waals surface area contributed by atoms with E-state index in [9.17, 15) is 9.18 Å². The van der Waals surface area contributed by atoms with Crippen molar-refractivity contribution in [3.63, 3.8) is 0 Å². The van der Waals surface area contributed by atoms with Crippen LogP contribution in [0.15, 0.2) is 12.1 Å². The quantitative estimate of drug-likeness (QED) is 0.830. The summed E-state index contributed by atoms with van der Waals surface area (Å²) in [6.07, 6.45) is 0.432. The van der Waals surface area contributed by atoms with Crippen molar-refractivity contribution in [3.05, 3.63) is 29.1 Å². The van der Waals surface area contributed by atoms with E-state index in [-0.39, 0.29) is 12.2 Å². The molecule has 15 heavy (non-hydrogen) atoms. The predicted octanol–water partition coefficient (Wildman–Crippen LogP) is 2.02. The van der Waals surface area contributed by atoms with Gasteiger partial charge in [0.05, 0.1) is 13.5 Å². The number of methoxy groups -OCH3 is 1. The molecule has 82 valence electrons. The van der Waals surface area contributed by atoms with E-state index in [4.69, 9.17) is 9.84 Å². The smallest absolute Gasteiger partial charge is 0.307 e. The van der Waals surface area contributed by atoms with E-state index in [0.29, 0.717) is 12.0 Å². The molecule has 0 spiro atoms. The highest BCUT2D eigenvalue weighted by Crippen LogP contribution is 2.25. The second-order valence-electron chi connectivity index (χ2n) is 3.19. The van der Waals surface area contributed by atoms with Gasteiger partial charge in [-0.2, -0.15) is 0 Å². The molecule has 0 radical (unpaired) electrons. The molecule has 4 heteroatoms. The number of rotatable bonds is 4. The van der Waals surface area contributed by atoms with Crippen molar-refractivity contribution in [3.8, 4) is 5.75 Å². The number of carboxylic acids is 1. The molecule has 0 heterocycles. The number of halogens is 1. The van der Waals surface area contributed by atoms with E-state index in [1.54, 1.807) is 6.07 Å². The van der Waals surface area contributed by atoms with E-state index < -0.39 is 11.8 Å². The fraction of sp³-hybridized carbons (Fsp3) is 0.364. The summed E-state index contributed by atoms with van der Waals surface area (Å²) in [5.41, 5.74) is 1.14. The van der Waals surface area contributed by atoms with E-state index >= 15 is 0 Å². The van der Waals surface area contributed by atoms with Crippen LogP contribution in [0, 0.1) is 5.82 Å². The minimum Gasteiger partial charge on any atom is -0.493 e. The third-order valence-electron chi connectivity index (χ3n) is 2.13. The van der Waals surface area contributed by atoms with E-state index in [0.717, 1.165) is 5.56 Å². The average Bonchev–Trinajstić information content (AvgIpc) is 2.16. The van der Waals surface area contributed by atoms with Crippen molar-refractivity contribution in [1.29, 1.82) is 0 Å². The first-order valence-electron chi connectivity index (χ1n) is 4.65. The molecule has 1 aromatic carbocycles. The molecule has 1 aromatic rings. The molecule has 0 aliphatic rings. The number of benzene rings is 1. The van der Waals surface area contributed by atoms with Crippen molar-refractivity contribution < 1.29 is 19.0 Å². The second kappa shape index (κ2) is 4.77. The summed E-state index contributed by atoms with van der Waals surface area (Å²) in [4.78, 5) is 10.6. The first-order chi connectivity index (χ1) is 7.08. The van der Waals surface area contributed by atoms with Gasteiger partial charge < -0.3 is 9.84 Å². The standard InChI is InChI=1S/C11H13FO3/c1-3-7-4-8(6-10(13)14)11(15-2)9(12)5-7/h4-5H,3,6H2,1-2H3,(H,13,14). The Kier molecular flexibility index (Phi) is 3.66. The second-order valence-corrected chi connectivity index (χ2v) is 3.19. The molecular weight excluding hydrogens is 199 g/mol. The molecule has 0 aromatic heterocycles. The molecule has 0 amide bonds. The van der Waals surface area contributed by atoms with Gasteiger partial charge in [-0.1, -0.05) is 13.0 Å². The average molecular weight is 212 g/mol. The van der Waals surface area contributed by atoms with Gasteiger partial charge in [0.15, 0.2) is 11.6 Å². The Bertz CT molecular complexity index is 374. The normalized spacial score (nSPS) is 10.1. The molecule has 0 aliphatic heterocycles. The molecule has 0 unspecified atom stereocenters. The molecule has 0 saturated heterocycles. The van der Waals surface area contributed by atoms with Crippen molar-refractivity contribution in [1.82, 2.24) is 0 Å². The molecule has 1 N–H and O–H groups in total. The summed E-state index contributed by atoms with van der Waals surface area (Å²) in [6, 6.07) is 3.03. The summed E-state index contributed by atoms with van der Waals surface area (Å²) in [6.45, 7) is 1.88. The minimum atomic E-state index is -0.999. The third kappa shape index (κ3) is 2.68. The lowest BCUT2D eigenvalue weighted by molar-refractivity contribution is -0.136. The zero-order valence-electron chi connectivity index (χ0n) is 8.71. The van der Waals surface area contributed by atoms with Gasteiger partial charge in [-0.15, -0.1) is 0 Å². The summed E-state index contributed by atoms with van der Waals surface area (Å²) in [5.74, 6) is -1.48. The lowest BCUT2D eigenvalue weighted by Crippen LogP contribution is -2.04. The van der Waals surface area contributed by atoms with Crippen LogP contribution in [0.4, 0.5) is 4.39 Å². The molecular formula is C11H13FO3. The summed E-state index contributed by atoms with van der Waals surface area (Å²) >= 11 is 0. The maximum atomic E-state index is 13.4. The molecule has 0 saturated carbocycles. The number of carbonyl (C=O) groups is 1. The maximum absolute atomic E-state index is 13.4. The summed E-state index contributed by atoms with van der Waals surface area (Å²) in [7, 11) is 1.33. The fourth-order valence-electron chi connectivity index (χ4n) is 1.44. The topological polar surface area (TPSA) is 46.5 Å². The van der Waals surface area contributed by atoms with Crippen LogP contribution in [0.25, 0.3) is 0 Å². The SMILES string of the molecule is CCc1cc(F)c(OC)c(CC(=O)O)c1. The molecule has 0 fully saturated rings. The van der Waals surface area contributed by atoms with Crippen molar-refractivity contribution in [2.75, 3.05) is 7.11 Å². The predicted molar refractivity (Wildman–Crippen MR) is 53.7 cm³/mol. The van der Waals surface area contributed by atoms with Crippen molar-refractivity contribution in [2.45, 2.75) is 19.8 Å². The van der Waals surface area contributed by atoms with Crippen LogP contribution in [0.1, 0.15) is 18.1 Å². The number of hydrogen-bond acceptors (Lipinski definition) is 2. The van der Waals surface area contributed by atoms with Crippen LogP contribution in [0.2, 0.25) is 0 Å². The highest BCUT2D eigenvalue weighted by molar-refractivity contribution is 5.71. The highest BCUT2D eigenvalue weighted by atomic mass is 19.1. The molecule has 1 rings (SSSR count). The van der Waals surface area contributed by atoms with Crippen LogP contribution in [-0.4, -0.2) is 18.2 Å². The van der Waals surface area contributed by atoms with E-state index in [1.165, 1.54) is 13.2 Å². The Morgan fingerprint density at radius 2 is 2.20 bits per heavy atom. The van der Waals surface area contributed by atoms with E-state index in [2.05, 4.69) is 0 Å². The number of aliphatic carboxylic acids is 1. The third-order valence-corrected chi connectivity index (χ3v) is 2.13. The molecule has 0 bridgehead atoms. The Hall–Kier alpha value is -1.58. The molecule has 0 atom stereocenters. The van der Waals surface area contributed by atoms with Gasteiger partial charge in [0.25, 0.3) is 0 Å². The fourth-order valence-corrected chi connectivity index (χ4v) is 1.44. The summed E-state index contributed by atoms with van der Waals surface area (Å²) in [5, 5.41) is 8.66. The largest absolute Gasteiger partial charge is 0.493 e. The summed E-state index contributed by atoms with van der Waals surface area (Å²) < 4.78 is 18.3. The minimum absolute atomic E-state index is 0.0228. The van der Waals surface area contributed by atoms with Crippen LogP contribution in [-0.2, 0) is 17.6 Å². The van der Waals surface area contributed by atoms with Gasteiger partial charge in [-0.05, 0) is 18.1 Å². The van der Waals surface area contributed by atoms with Gasteiger partial charge >= 0.3 is 5.97 Å². The van der Waals surface area contributed by atoms with Crippen LogP contribution in [0.3, 0.4) is 0 Å². The van der Waals surface area contributed by atoms with Crippen LogP contribution < -0.4 is 4.74 Å². The first-order valence-corrected chi connectivity index (χ1v) is 4.65. The van der Waals surface area contributed by atoms with Gasteiger partial charge in [0.2, 0.25) is 0 Å². The lowest BCUT2D eigenvalue weighted by Gasteiger charge is -2.09. The van der Waals surface area contributed by atoms with Crippen LogP contribution in [0.5, 0.6) is 5.75 Å². The monoisotopic (exact) mass is 212 g/mol. The maximum Gasteiger partial charge on any atom is 0.307 e. The zero-order valence-corrected chi connectivity index (χ0v) is 8.71. The van der Waals surface area contributed by atoms with E-state index in [1.807, 2.05) is 6.92 Å². The number of hydrogen-bond donors (Lipinski definition) is 1. The van der Waals surface area contributed by atoms with Crippen molar-refractivity contribution in [2.24, 2.45) is 0 Å². The number of aryl methyl sites for hydroxylation is 1. The number of ether oxygens (including phenoxy) is 1. The Morgan fingerprint density at radius 1 is 1.53 bits per heavy atom. The molecule has 0 aliphatic carbocycles. The highest BCUT2D eigenvalue weighted by Gasteiger charge is 2.13. The van der Waals surface area contributed by atoms with Gasteiger partial charge in [-0.25, -0.2) is 4.39 Å². The zero-order chi connectivity index (χ0) is 11.4. The van der Waals surface area contributed by atoms with Gasteiger partial charge in [0.1, 0.15) is 0 Å². The van der Waals surface area contributed by atoms with Crippen LogP contribution >= 0.6 is 0 Å². The number of carboxylic acid groups (broad SMARTS) is 1. The first kappa shape index (κ1) is 11.5. The Balaban J connectivity index is 3.19. The van der Waals surface area contributed by atoms with Gasteiger partial charge in [0, 0.05) is 5.56 Å². The Labute approximate surface area is 87.5 Å². The van der Waals surface area contributed by atoms with Crippen molar-refractivity contribution >= 4 is 5.97 Å². The van der Waals surface area contributed by atoms with Gasteiger partial charge in [-0.3, -0.25) is 4.79 Å².